The van der Waals surface area contributed by atoms with E-state index in [1.165, 1.54) is 51.4 Å². The average Bonchev–Trinajstić information content (AvgIpc) is 3.97. The van der Waals surface area contributed by atoms with Gasteiger partial charge in [0, 0.05) is 80.6 Å². The number of hydrogen-bond acceptors (Lipinski definition) is 16. The van der Waals surface area contributed by atoms with Crippen LogP contribution in [0.25, 0.3) is 0 Å². The number of methoxy groups -OCH3 is 8. The molecule has 5 saturated heterocycles. The van der Waals surface area contributed by atoms with Crippen LogP contribution in [0.5, 0.6) is 0 Å². The fourth-order valence-electron chi connectivity index (χ4n) is 14.2. The Balaban J connectivity index is 0.00000256. The van der Waals surface area contributed by atoms with Gasteiger partial charge in [0.1, 0.15) is 24.4 Å². The van der Waals surface area contributed by atoms with E-state index in [9.17, 15) is 0 Å². The van der Waals surface area contributed by atoms with Gasteiger partial charge in [0.05, 0.1) is 73.7 Å². The third-order valence-corrected chi connectivity index (χ3v) is 16.4. The van der Waals surface area contributed by atoms with E-state index in [-0.39, 0.29) is 142 Å². The predicted octanol–water partition coefficient (Wildman–Crippen LogP) is -3.28. The summed E-state index contributed by atoms with van der Waals surface area (Å²) in [4.78, 5) is 0. The van der Waals surface area contributed by atoms with Gasteiger partial charge < -0.3 is 39.3 Å². The second-order valence-electron chi connectivity index (χ2n) is 18.3. The van der Waals surface area contributed by atoms with Crippen LogP contribution in [0.4, 0.5) is 0 Å². The number of hydrogen-bond donors (Lipinski definition) is 8. The Kier molecular flexibility index (Phi) is 14.0. The minimum Gasteiger partial charge on any atom is -1.00 e. The van der Waals surface area contributed by atoms with E-state index in [0.717, 1.165) is 0 Å². The van der Waals surface area contributed by atoms with Crippen molar-refractivity contribution in [1.82, 2.24) is 42.5 Å². The molecule has 8 bridgehead atoms. The van der Waals surface area contributed by atoms with Crippen molar-refractivity contribution < 1.29 is 58.2 Å². The van der Waals surface area contributed by atoms with Crippen LogP contribution in [0, 0.1) is 47.3 Å². The molecule has 322 valence electrons. The minimum atomic E-state index is -0.334. The zero-order chi connectivity index (χ0) is 38.8. The molecule has 0 aromatic heterocycles. The van der Waals surface area contributed by atoms with E-state index in [1.807, 2.05) is 0 Å². The van der Waals surface area contributed by atoms with E-state index in [1.54, 1.807) is 56.9 Å². The molecule has 0 spiro atoms. The fraction of sp³-hybridized carbons (Fsp3) is 1.00. The molecule has 0 aromatic carbocycles. The van der Waals surface area contributed by atoms with Crippen molar-refractivity contribution in [2.45, 2.75) is 150 Å². The Bertz CT molecular complexity index is 1250. The quantitative estimate of drug-likeness (QED) is 0.115. The molecule has 5 aliphatic heterocycles. The first-order valence-electron chi connectivity index (χ1n) is 21.7. The molecule has 8 N–H and O–H groups in total. The molecule has 4 aliphatic carbocycles. The SMILES string of the molecule is COC1C(OC)C(OC)C2C3NC(NC4NC(NC5NC(NC6NC(N3)C3C(OC)C(OC)C(OC)C(OC)C63)C3CCCCC53)C3CCCCC43)C2C1OC.[H-].[Li+]. The largest absolute Gasteiger partial charge is 1.00 e. The Morgan fingerprint density at radius 1 is 0.281 bits per heavy atom. The van der Waals surface area contributed by atoms with E-state index in [4.69, 9.17) is 37.9 Å². The Hall–Kier alpha value is -0.0426. The number of rotatable bonds is 8. The number of nitrogens with one attached hydrogen (secondary N) is 8. The third-order valence-electron chi connectivity index (χ3n) is 16.4. The van der Waals surface area contributed by atoms with Gasteiger partial charge >= 0.3 is 18.9 Å². The van der Waals surface area contributed by atoms with Crippen LogP contribution in [-0.2, 0) is 37.9 Å². The van der Waals surface area contributed by atoms with Crippen molar-refractivity contribution in [2.75, 3.05) is 56.9 Å². The van der Waals surface area contributed by atoms with Gasteiger partial charge in [0.15, 0.2) is 0 Å². The number of ether oxygens (including phenoxy) is 8. The summed E-state index contributed by atoms with van der Waals surface area (Å²) in [5, 5.41) is 33.3. The summed E-state index contributed by atoms with van der Waals surface area (Å²) in [7, 11) is 14.2. The van der Waals surface area contributed by atoms with Crippen molar-refractivity contribution in [3.8, 4) is 0 Å². The zero-order valence-corrected chi connectivity index (χ0v) is 35.8. The van der Waals surface area contributed by atoms with Crippen LogP contribution >= 0.6 is 0 Å². The van der Waals surface area contributed by atoms with Gasteiger partial charge in [-0.25, -0.2) is 0 Å². The van der Waals surface area contributed by atoms with Gasteiger partial charge in [-0.2, -0.15) is 0 Å². The van der Waals surface area contributed by atoms with Crippen molar-refractivity contribution in [3.05, 3.63) is 0 Å². The maximum absolute atomic E-state index is 6.45. The van der Waals surface area contributed by atoms with Crippen molar-refractivity contribution in [1.29, 1.82) is 0 Å². The summed E-state index contributed by atoms with van der Waals surface area (Å²) < 4.78 is 50.7. The molecule has 4 saturated carbocycles. The molecular weight excluding hydrogens is 727 g/mol. The molecule has 16 nitrogen and oxygen atoms in total. The maximum Gasteiger partial charge on any atom is 1.00 e. The second kappa shape index (κ2) is 18.4. The molecule has 57 heavy (non-hydrogen) atoms. The fourth-order valence-corrected chi connectivity index (χ4v) is 14.2. The monoisotopic (exact) mass is 801 g/mol. The predicted molar refractivity (Wildman–Crippen MR) is 208 cm³/mol. The van der Waals surface area contributed by atoms with Crippen LogP contribution < -0.4 is 61.4 Å². The molecule has 24 atom stereocenters. The normalized spacial score (nSPS) is 54.3. The van der Waals surface area contributed by atoms with E-state index >= 15 is 0 Å². The third kappa shape index (κ3) is 7.24. The molecule has 0 radical (unpaired) electrons. The van der Waals surface area contributed by atoms with Gasteiger partial charge in [-0.3, -0.25) is 42.5 Å². The van der Waals surface area contributed by atoms with Crippen LogP contribution in [0.1, 0.15) is 52.8 Å². The van der Waals surface area contributed by atoms with Gasteiger partial charge in [-0.15, -0.1) is 0 Å². The Morgan fingerprint density at radius 3 is 0.649 bits per heavy atom. The summed E-state index contributed by atoms with van der Waals surface area (Å²) in [6.45, 7) is 0. The number of fused-ring (bicyclic) bond motifs is 20. The molecule has 0 amide bonds. The molecule has 17 heteroatoms. The summed E-state index contributed by atoms with van der Waals surface area (Å²) in [5.74, 6) is 2.06. The zero-order valence-electron chi connectivity index (χ0n) is 36.8. The molecule has 9 rings (SSSR count). The standard InChI is InChI=1S/C40H72N8O8.Li.H/c1-49-25-21-23(27(51-3)31(55-7)29(25)53-5)39-46-37(21)44-35-19-15-11-9-13-17(19)33(42-35)41-34-18-14-10-12-16-20(18)36(43-34)45-38-22-24(40(47-38)48-39)28(52-4)32(56-8)30(54-6)26(22)50-2;;/h17-48H,9-16H2,1-8H3;;/q;+1;-1. The molecular formula is C40H73LiN8O8. The summed E-state index contributed by atoms with van der Waals surface area (Å²) in [6, 6.07) is 0. The Morgan fingerprint density at radius 2 is 0.456 bits per heavy atom. The van der Waals surface area contributed by atoms with Crippen LogP contribution in [0.2, 0.25) is 0 Å². The van der Waals surface area contributed by atoms with Gasteiger partial charge in [-0.05, 0) is 49.4 Å². The van der Waals surface area contributed by atoms with Crippen LogP contribution in [0.3, 0.4) is 0 Å². The molecule has 5 heterocycles. The average molecular weight is 801 g/mol. The van der Waals surface area contributed by atoms with Crippen LogP contribution in [-0.4, -0.2) is 155 Å². The first-order chi connectivity index (χ1) is 27.4. The topological polar surface area (TPSA) is 170 Å². The first kappa shape index (κ1) is 43.6. The molecule has 24 unspecified atom stereocenters. The summed E-state index contributed by atoms with van der Waals surface area (Å²) in [5.41, 5.74) is 0. The van der Waals surface area contributed by atoms with Crippen LogP contribution in [0.15, 0.2) is 0 Å². The summed E-state index contributed by atoms with van der Waals surface area (Å²) in [6.07, 6.45) is 7.73. The van der Waals surface area contributed by atoms with Gasteiger partial charge in [0.25, 0.3) is 0 Å². The molecule has 9 aliphatic rings. The van der Waals surface area contributed by atoms with Gasteiger partial charge in [-0.1, -0.05) is 25.7 Å². The van der Waals surface area contributed by atoms with Crippen molar-refractivity contribution >= 4 is 0 Å². The first-order valence-corrected chi connectivity index (χ1v) is 21.7. The molecule has 0 aromatic rings. The second-order valence-corrected chi connectivity index (χ2v) is 18.3. The minimum absolute atomic E-state index is 0. The van der Waals surface area contributed by atoms with Gasteiger partial charge in [0.2, 0.25) is 0 Å². The van der Waals surface area contributed by atoms with Crippen molar-refractivity contribution in [3.63, 3.8) is 0 Å². The molecule has 9 fully saturated rings. The van der Waals surface area contributed by atoms with E-state index < -0.39 is 0 Å². The Labute approximate surface area is 353 Å². The maximum atomic E-state index is 6.45. The smallest absolute Gasteiger partial charge is 1.00 e. The van der Waals surface area contributed by atoms with E-state index in [2.05, 4.69) is 42.5 Å². The van der Waals surface area contributed by atoms with E-state index in [0.29, 0.717) is 23.7 Å². The van der Waals surface area contributed by atoms with Crippen molar-refractivity contribution in [2.24, 2.45) is 47.3 Å². The summed E-state index contributed by atoms with van der Waals surface area (Å²) >= 11 is 0.